The molecule has 0 atom stereocenters. The highest BCUT2D eigenvalue weighted by Crippen LogP contribution is 2.28. The zero-order chi connectivity index (χ0) is 13.9. The molecule has 0 bridgehead atoms. The normalized spacial score (nSPS) is 11.3. The van der Waals surface area contributed by atoms with Crippen LogP contribution in [0.4, 0.5) is 0 Å². The van der Waals surface area contributed by atoms with Crippen LogP contribution in [-0.2, 0) is 6.42 Å². The molecule has 0 unspecified atom stereocenters. The van der Waals surface area contributed by atoms with Crippen molar-refractivity contribution in [2.75, 3.05) is 0 Å². The van der Waals surface area contributed by atoms with Gasteiger partial charge in [0.25, 0.3) is 0 Å². The standard InChI is InChI=1S/C16H19N3S/c1-3-4-5-9-13-11-19-16(17-13)20-15(18-19)14-10-7-6-8-12(14)2/h6-8,10-11H,3-5,9H2,1-2H3. The van der Waals surface area contributed by atoms with E-state index in [4.69, 9.17) is 0 Å². The van der Waals surface area contributed by atoms with Gasteiger partial charge in [0.2, 0.25) is 4.96 Å². The lowest BCUT2D eigenvalue weighted by Gasteiger charge is -1.99. The molecule has 0 fully saturated rings. The molecular weight excluding hydrogens is 266 g/mol. The molecule has 3 nitrogen and oxygen atoms in total. The van der Waals surface area contributed by atoms with Crippen LogP contribution in [0, 0.1) is 6.92 Å². The van der Waals surface area contributed by atoms with E-state index in [1.54, 1.807) is 11.3 Å². The van der Waals surface area contributed by atoms with Crippen molar-refractivity contribution in [2.45, 2.75) is 39.5 Å². The predicted octanol–water partition coefficient (Wildman–Crippen LogP) is 4.50. The Labute approximate surface area is 123 Å². The number of imidazole rings is 1. The van der Waals surface area contributed by atoms with Crippen molar-refractivity contribution in [2.24, 2.45) is 0 Å². The Morgan fingerprint density at radius 2 is 2.05 bits per heavy atom. The van der Waals surface area contributed by atoms with Crippen molar-refractivity contribution >= 4 is 16.3 Å². The van der Waals surface area contributed by atoms with Crippen LogP contribution in [0.25, 0.3) is 15.5 Å². The summed E-state index contributed by atoms with van der Waals surface area (Å²) in [6.07, 6.45) is 6.86. The van der Waals surface area contributed by atoms with Gasteiger partial charge in [-0.2, -0.15) is 5.10 Å². The fourth-order valence-electron chi connectivity index (χ4n) is 2.34. The van der Waals surface area contributed by atoms with Crippen LogP contribution in [0.5, 0.6) is 0 Å². The first-order chi connectivity index (χ1) is 9.78. The second-order valence-corrected chi connectivity index (χ2v) is 6.09. The first-order valence-electron chi connectivity index (χ1n) is 7.19. The summed E-state index contributed by atoms with van der Waals surface area (Å²) in [6, 6.07) is 8.36. The van der Waals surface area contributed by atoms with Gasteiger partial charge in [0.1, 0.15) is 5.01 Å². The second kappa shape index (κ2) is 5.75. The minimum atomic E-state index is 0.995. The Morgan fingerprint density at radius 1 is 1.20 bits per heavy atom. The van der Waals surface area contributed by atoms with E-state index in [1.807, 2.05) is 4.52 Å². The monoisotopic (exact) mass is 285 g/mol. The third kappa shape index (κ3) is 2.61. The SMILES string of the molecule is CCCCCc1cn2nc(-c3ccccc3C)sc2n1. The average molecular weight is 285 g/mol. The lowest BCUT2D eigenvalue weighted by Crippen LogP contribution is -1.87. The van der Waals surface area contributed by atoms with Gasteiger partial charge in [0.15, 0.2) is 0 Å². The molecular formula is C16H19N3S. The molecule has 0 N–H and O–H groups in total. The summed E-state index contributed by atoms with van der Waals surface area (Å²) >= 11 is 1.67. The smallest absolute Gasteiger partial charge is 0.212 e. The van der Waals surface area contributed by atoms with Gasteiger partial charge in [-0.25, -0.2) is 9.50 Å². The molecule has 0 aliphatic carbocycles. The molecule has 1 aromatic carbocycles. The Hall–Kier alpha value is -1.68. The Bertz CT molecular complexity index is 680. The molecule has 3 rings (SSSR count). The number of fused-ring (bicyclic) bond motifs is 1. The number of aryl methyl sites for hydroxylation is 2. The van der Waals surface area contributed by atoms with E-state index in [2.05, 4.69) is 54.4 Å². The fourth-order valence-corrected chi connectivity index (χ4v) is 3.33. The molecule has 2 heterocycles. The fraction of sp³-hybridized carbons (Fsp3) is 0.375. The molecule has 0 spiro atoms. The number of unbranched alkanes of at least 4 members (excludes halogenated alkanes) is 2. The Kier molecular flexibility index (Phi) is 3.83. The topological polar surface area (TPSA) is 30.2 Å². The highest BCUT2D eigenvalue weighted by atomic mass is 32.1. The van der Waals surface area contributed by atoms with Crippen LogP contribution in [0.3, 0.4) is 0 Å². The van der Waals surface area contributed by atoms with Crippen LogP contribution in [0.1, 0.15) is 37.4 Å². The second-order valence-electron chi connectivity index (χ2n) is 5.14. The maximum Gasteiger partial charge on any atom is 0.212 e. The van der Waals surface area contributed by atoms with Crippen molar-refractivity contribution in [3.63, 3.8) is 0 Å². The third-order valence-electron chi connectivity index (χ3n) is 3.51. The van der Waals surface area contributed by atoms with Gasteiger partial charge in [0.05, 0.1) is 11.9 Å². The van der Waals surface area contributed by atoms with Crippen LogP contribution in [0.15, 0.2) is 30.5 Å². The molecule has 0 amide bonds. The van der Waals surface area contributed by atoms with Gasteiger partial charge < -0.3 is 0 Å². The van der Waals surface area contributed by atoms with Gasteiger partial charge in [-0.05, 0) is 25.3 Å². The predicted molar refractivity (Wildman–Crippen MR) is 84.3 cm³/mol. The summed E-state index contributed by atoms with van der Waals surface area (Å²) in [7, 11) is 0. The zero-order valence-corrected chi connectivity index (χ0v) is 12.8. The van der Waals surface area contributed by atoms with Crippen LogP contribution in [-0.4, -0.2) is 14.6 Å². The largest absolute Gasteiger partial charge is 0.223 e. The van der Waals surface area contributed by atoms with Crippen molar-refractivity contribution < 1.29 is 0 Å². The summed E-state index contributed by atoms with van der Waals surface area (Å²) in [5.74, 6) is 0. The van der Waals surface area contributed by atoms with E-state index >= 15 is 0 Å². The molecule has 2 aromatic heterocycles. The summed E-state index contributed by atoms with van der Waals surface area (Å²) < 4.78 is 1.92. The molecule has 3 aromatic rings. The van der Waals surface area contributed by atoms with E-state index < -0.39 is 0 Å². The number of hydrogen-bond acceptors (Lipinski definition) is 3. The van der Waals surface area contributed by atoms with E-state index in [9.17, 15) is 0 Å². The summed E-state index contributed by atoms with van der Waals surface area (Å²) in [5, 5.41) is 5.71. The molecule has 0 aliphatic heterocycles. The molecule has 104 valence electrons. The lowest BCUT2D eigenvalue weighted by molar-refractivity contribution is 0.709. The zero-order valence-electron chi connectivity index (χ0n) is 12.0. The minimum Gasteiger partial charge on any atom is -0.223 e. The van der Waals surface area contributed by atoms with Gasteiger partial charge in [-0.15, -0.1) is 0 Å². The van der Waals surface area contributed by atoms with Crippen molar-refractivity contribution in [3.05, 3.63) is 41.7 Å². The van der Waals surface area contributed by atoms with Crippen molar-refractivity contribution in [3.8, 4) is 10.6 Å². The summed E-state index contributed by atoms with van der Waals surface area (Å²) in [4.78, 5) is 5.67. The summed E-state index contributed by atoms with van der Waals surface area (Å²) in [5.41, 5.74) is 3.62. The van der Waals surface area contributed by atoms with Crippen LogP contribution in [0.2, 0.25) is 0 Å². The van der Waals surface area contributed by atoms with Gasteiger partial charge >= 0.3 is 0 Å². The molecule has 0 saturated carbocycles. The Balaban J connectivity index is 1.86. The molecule has 20 heavy (non-hydrogen) atoms. The van der Waals surface area contributed by atoms with Crippen LogP contribution < -0.4 is 0 Å². The number of rotatable bonds is 5. The third-order valence-corrected chi connectivity index (χ3v) is 4.46. The number of benzene rings is 1. The van der Waals surface area contributed by atoms with Crippen molar-refractivity contribution in [1.82, 2.24) is 14.6 Å². The number of hydrogen-bond donors (Lipinski definition) is 0. The quantitative estimate of drug-likeness (QED) is 0.646. The van der Waals surface area contributed by atoms with Crippen LogP contribution >= 0.6 is 11.3 Å². The maximum atomic E-state index is 4.68. The van der Waals surface area contributed by atoms with Gasteiger partial charge in [-0.3, -0.25) is 0 Å². The first-order valence-corrected chi connectivity index (χ1v) is 8.00. The molecule has 4 heteroatoms. The van der Waals surface area contributed by atoms with E-state index in [0.717, 1.165) is 22.1 Å². The number of aromatic nitrogens is 3. The minimum absolute atomic E-state index is 0.995. The lowest BCUT2D eigenvalue weighted by atomic mass is 10.1. The number of nitrogens with zero attached hydrogens (tertiary/aromatic N) is 3. The molecule has 0 saturated heterocycles. The van der Waals surface area contributed by atoms with E-state index in [0.29, 0.717) is 0 Å². The van der Waals surface area contributed by atoms with Crippen molar-refractivity contribution in [1.29, 1.82) is 0 Å². The van der Waals surface area contributed by atoms with Gasteiger partial charge in [0, 0.05) is 5.56 Å². The molecule has 0 radical (unpaired) electrons. The van der Waals surface area contributed by atoms with E-state index in [-0.39, 0.29) is 0 Å². The highest BCUT2D eigenvalue weighted by molar-refractivity contribution is 7.19. The average Bonchev–Trinajstić information content (AvgIpc) is 2.97. The summed E-state index contributed by atoms with van der Waals surface area (Å²) in [6.45, 7) is 4.34. The maximum absolute atomic E-state index is 4.68. The Morgan fingerprint density at radius 3 is 2.80 bits per heavy atom. The first kappa shape index (κ1) is 13.3. The highest BCUT2D eigenvalue weighted by Gasteiger charge is 2.11. The van der Waals surface area contributed by atoms with E-state index in [1.165, 1.54) is 30.4 Å². The van der Waals surface area contributed by atoms with Gasteiger partial charge in [-0.1, -0.05) is 55.4 Å². The molecule has 0 aliphatic rings.